The van der Waals surface area contributed by atoms with Gasteiger partial charge in [0.25, 0.3) is 0 Å². The highest BCUT2D eigenvalue weighted by molar-refractivity contribution is 5.70. The van der Waals surface area contributed by atoms with Crippen molar-refractivity contribution < 1.29 is 45.3 Å². The summed E-state index contributed by atoms with van der Waals surface area (Å²) in [4.78, 5) is 21.5. The second-order valence-electron chi connectivity index (χ2n) is 12.3. The van der Waals surface area contributed by atoms with Gasteiger partial charge in [-0.1, -0.05) is 0 Å². The molecule has 0 bridgehead atoms. The molecule has 6 rings (SSSR count). The van der Waals surface area contributed by atoms with Crippen LogP contribution in [0.3, 0.4) is 0 Å². The molecule has 0 saturated carbocycles. The summed E-state index contributed by atoms with van der Waals surface area (Å²) in [6.45, 7) is 6.47. The quantitative estimate of drug-likeness (QED) is 0.230. The Labute approximate surface area is 278 Å². The number of halogens is 6. The lowest BCUT2D eigenvalue weighted by molar-refractivity contribution is -0.148. The third-order valence-corrected chi connectivity index (χ3v) is 7.77. The molecule has 0 radical (unpaired) electrons. The van der Waals surface area contributed by atoms with Crippen LogP contribution >= 0.6 is 0 Å². The van der Waals surface area contributed by atoms with Crippen molar-refractivity contribution in [1.82, 2.24) is 29.3 Å². The Hall–Kier alpha value is -4.73. The molecule has 16 heteroatoms. The molecule has 2 aliphatic heterocycles. The highest BCUT2D eigenvalue weighted by atomic mass is 19.4. The number of amides is 1. The Bertz CT molecular complexity index is 1770. The van der Waals surface area contributed by atoms with Crippen LogP contribution in [0.4, 0.5) is 31.1 Å². The Balaban J connectivity index is 0.000000199. The third-order valence-electron chi connectivity index (χ3n) is 7.77. The van der Waals surface area contributed by atoms with E-state index >= 15 is 0 Å². The maximum Gasteiger partial charge on any atom is 0.449 e. The number of hydrogen-bond donors (Lipinski definition) is 1. The number of carbonyl (C=O) groups excluding carboxylic acids is 1. The minimum atomic E-state index is -4.59. The molecule has 0 unspecified atom stereocenters. The zero-order chi connectivity index (χ0) is 35.7. The zero-order valence-corrected chi connectivity index (χ0v) is 27.5. The molecule has 1 amide bonds. The summed E-state index contributed by atoms with van der Waals surface area (Å²) in [6.07, 6.45) is -9.60. The van der Waals surface area contributed by atoms with Gasteiger partial charge in [-0.2, -0.15) is 26.3 Å². The molecule has 0 spiro atoms. The molecule has 0 fully saturated rings. The SMILES string of the molecule is COc1ccc(-c2nc(C(F)(F)F)n3c2CN(C(=O)OC(C)(C)C)CC3)cc1.COc1ccc(-c2nc(C(F)(F)F)n3c2CNCC3)cc1. The fraction of sp³-hybridized carbons (Fsp3) is 0.424. The average Bonchev–Trinajstić information content (AvgIpc) is 3.64. The van der Waals surface area contributed by atoms with Gasteiger partial charge < -0.3 is 33.6 Å². The van der Waals surface area contributed by atoms with Gasteiger partial charge in [-0.15, -0.1) is 0 Å². The molecule has 10 nitrogen and oxygen atoms in total. The summed E-state index contributed by atoms with van der Waals surface area (Å²) < 4.78 is 97.7. The van der Waals surface area contributed by atoms with Gasteiger partial charge in [0.1, 0.15) is 17.1 Å². The Morgan fingerprint density at radius 2 is 1.18 bits per heavy atom. The summed E-state index contributed by atoms with van der Waals surface area (Å²) in [5.74, 6) is -0.550. The summed E-state index contributed by atoms with van der Waals surface area (Å²) >= 11 is 0. The summed E-state index contributed by atoms with van der Waals surface area (Å²) in [6, 6.07) is 13.5. The van der Waals surface area contributed by atoms with E-state index in [9.17, 15) is 31.1 Å². The number of benzene rings is 2. The van der Waals surface area contributed by atoms with Crippen molar-refractivity contribution in [2.24, 2.45) is 0 Å². The minimum absolute atomic E-state index is 0.00737. The van der Waals surface area contributed by atoms with Crippen LogP contribution in [0.1, 0.15) is 43.8 Å². The molecule has 2 aromatic carbocycles. The van der Waals surface area contributed by atoms with Crippen molar-refractivity contribution in [1.29, 1.82) is 0 Å². The molecule has 2 aliphatic rings. The number of nitrogens with zero attached hydrogens (tertiary/aromatic N) is 5. The molecular weight excluding hydrogens is 658 g/mol. The van der Waals surface area contributed by atoms with E-state index in [0.29, 0.717) is 52.8 Å². The zero-order valence-electron chi connectivity index (χ0n) is 27.5. The molecule has 4 heterocycles. The molecule has 49 heavy (non-hydrogen) atoms. The number of carbonyl (C=O) groups is 1. The number of alkyl halides is 6. The minimum Gasteiger partial charge on any atom is -0.497 e. The predicted molar refractivity (Wildman–Crippen MR) is 167 cm³/mol. The van der Waals surface area contributed by atoms with E-state index in [0.717, 1.165) is 4.57 Å². The lowest BCUT2D eigenvalue weighted by Crippen LogP contribution is -2.42. The highest BCUT2D eigenvalue weighted by Gasteiger charge is 2.42. The number of imidazole rings is 2. The molecule has 2 aromatic heterocycles. The largest absolute Gasteiger partial charge is 0.497 e. The fourth-order valence-electron chi connectivity index (χ4n) is 5.55. The van der Waals surface area contributed by atoms with Crippen molar-refractivity contribution >= 4 is 6.09 Å². The van der Waals surface area contributed by atoms with Crippen LogP contribution in [-0.2, 0) is 43.3 Å². The molecule has 0 saturated heterocycles. The second-order valence-corrected chi connectivity index (χ2v) is 12.3. The van der Waals surface area contributed by atoms with Crippen LogP contribution in [0.5, 0.6) is 11.5 Å². The molecule has 4 aromatic rings. The first-order valence-corrected chi connectivity index (χ1v) is 15.3. The lowest BCUT2D eigenvalue weighted by atomic mass is 10.1. The summed E-state index contributed by atoms with van der Waals surface area (Å²) in [7, 11) is 3.05. The predicted octanol–water partition coefficient (Wildman–Crippen LogP) is 7.01. The van der Waals surface area contributed by atoms with Crippen LogP contribution in [0.25, 0.3) is 22.5 Å². The van der Waals surface area contributed by atoms with Crippen LogP contribution in [0.15, 0.2) is 48.5 Å². The van der Waals surface area contributed by atoms with Gasteiger partial charge in [-0.25, -0.2) is 14.8 Å². The maximum atomic E-state index is 13.5. The number of rotatable bonds is 4. The summed E-state index contributed by atoms with van der Waals surface area (Å²) in [5, 5.41) is 3.09. The lowest BCUT2D eigenvalue weighted by Gasteiger charge is -2.31. The first-order chi connectivity index (χ1) is 23.0. The number of hydrogen-bond acceptors (Lipinski definition) is 7. The molecule has 264 valence electrons. The van der Waals surface area contributed by atoms with Gasteiger partial charge in [0, 0.05) is 43.9 Å². The van der Waals surface area contributed by atoms with E-state index in [2.05, 4.69) is 15.3 Å². The van der Waals surface area contributed by atoms with Gasteiger partial charge in [0.15, 0.2) is 0 Å². The fourth-order valence-corrected chi connectivity index (χ4v) is 5.55. The van der Waals surface area contributed by atoms with Gasteiger partial charge in [0.2, 0.25) is 11.6 Å². The van der Waals surface area contributed by atoms with Crippen molar-refractivity contribution in [3.63, 3.8) is 0 Å². The Morgan fingerprint density at radius 3 is 1.63 bits per heavy atom. The Morgan fingerprint density at radius 1 is 0.714 bits per heavy atom. The van der Waals surface area contributed by atoms with Crippen molar-refractivity contribution in [3.05, 3.63) is 71.6 Å². The van der Waals surface area contributed by atoms with Crippen LogP contribution in [-0.4, -0.2) is 63.0 Å². The highest BCUT2D eigenvalue weighted by Crippen LogP contribution is 2.37. The van der Waals surface area contributed by atoms with Gasteiger partial charge in [-0.3, -0.25) is 0 Å². The number of nitrogens with one attached hydrogen (secondary N) is 1. The van der Waals surface area contributed by atoms with Crippen LogP contribution in [0.2, 0.25) is 0 Å². The van der Waals surface area contributed by atoms with E-state index in [4.69, 9.17) is 14.2 Å². The third kappa shape index (κ3) is 7.95. The number of aromatic nitrogens is 4. The Kier molecular flexibility index (Phi) is 9.91. The van der Waals surface area contributed by atoms with Crippen molar-refractivity contribution in [3.8, 4) is 34.0 Å². The van der Waals surface area contributed by atoms with E-state index in [1.807, 2.05) is 0 Å². The number of ether oxygens (including phenoxy) is 3. The molecule has 0 atom stereocenters. The van der Waals surface area contributed by atoms with Gasteiger partial charge in [-0.05, 0) is 69.3 Å². The smallest absolute Gasteiger partial charge is 0.449 e. The molecule has 0 aliphatic carbocycles. The standard InChI is InChI=1S/C19H22F3N3O3.C14H14F3N3O/c1-18(2,3)28-17(26)24-9-10-25-14(11-24)15(23-16(25)19(20,21)22)12-5-7-13(27-4)8-6-12;1-21-10-4-2-9(3-5-10)12-11-8-18-6-7-20(11)13(19-12)14(15,16)17/h5-8H,9-11H2,1-4H3;2-5,18H,6-8H2,1H3. The van der Waals surface area contributed by atoms with Gasteiger partial charge >= 0.3 is 18.4 Å². The number of fused-ring (bicyclic) bond motifs is 2. The van der Waals surface area contributed by atoms with Crippen LogP contribution < -0.4 is 14.8 Å². The first kappa shape index (κ1) is 35.6. The first-order valence-electron chi connectivity index (χ1n) is 15.3. The monoisotopic (exact) mass is 694 g/mol. The normalized spacial score (nSPS) is 14.7. The van der Waals surface area contributed by atoms with E-state index in [1.165, 1.54) is 16.6 Å². The van der Waals surface area contributed by atoms with Crippen molar-refractivity contribution in [2.45, 2.75) is 64.9 Å². The van der Waals surface area contributed by atoms with E-state index in [1.54, 1.807) is 76.4 Å². The molecule has 1 N–H and O–H groups in total. The van der Waals surface area contributed by atoms with E-state index < -0.39 is 35.7 Å². The number of methoxy groups -OCH3 is 2. The summed E-state index contributed by atoms with van der Waals surface area (Å²) in [5.41, 5.74) is 1.95. The topological polar surface area (TPSA) is 95.7 Å². The van der Waals surface area contributed by atoms with E-state index in [-0.39, 0.29) is 31.9 Å². The maximum absolute atomic E-state index is 13.5. The van der Waals surface area contributed by atoms with Crippen LogP contribution in [0, 0.1) is 0 Å². The average molecular weight is 695 g/mol. The molecular formula is C33H36F6N6O4. The second kappa shape index (κ2) is 13.6. The van der Waals surface area contributed by atoms with Gasteiger partial charge in [0.05, 0.1) is 43.5 Å². The van der Waals surface area contributed by atoms with Crippen molar-refractivity contribution in [2.75, 3.05) is 27.3 Å².